The Morgan fingerprint density at radius 1 is 1.05 bits per heavy atom. The first-order valence-corrected chi connectivity index (χ1v) is 7.84. The molecule has 0 aliphatic carbocycles. The lowest BCUT2D eigenvalue weighted by Crippen LogP contribution is -2.15. The number of anilines is 1. The van der Waals surface area contributed by atoms with Crippen LogP contribution in [-0.2, 0) is 4.79 Å². The second-order valence-electron chi connectivity index (χ2n) is 5.02. The summed E-state index contributed by atoms with van der Waals surface area (Å²) in [5.41, 5.74) is 8.69. The SMILES string of the molecule is Cc1ccc(SCC(=O)Nc2ccc(C(N)=O)cc2)cc1C. The normalized spacial score (nSPS) is 10.3. The van der Waals surface area contributed by atoms with Crippen LogP contribution in [0, 0.1) is 13.8 Å². The van der Waals surface area contributed by atoms with Crippen LogP contribution < -0.4 is 11.1 Å². The van der Waals surface area contributed by atoms with E-state index in [9.17, 15) is 9.59 Å². The summed E-state index contributed by atoms with van der Waals surface area (Å²) in [4.78, 5) is 24.0. The van der Waals surface area contributed by atoms with Gasteiger partial charge in [0.2, 0.25) is 11.8 Å². The maximum Gasteiger partial charge on any atom is 0.248 e. The van der Waals surface area contributed by atoms with E-state index in [0.717, 1.165) is 4.90 Å². The number of carbonyl (C=O) groups is 2. The lowest BCUT2D eigenvalue weighted by atomic mass is 10.1. The Hall–Kier alpha value is -2.27. The molecular formula is C17H18N2O2S. The van der Waals surface area contributed by atoms with Crippen molar-refractivity contribution in [2.45, 2.75) is 18.7 Å². The van der Waals surface area contributed by atoms with E-state index in [1.807, 2.05) is 6.07 Å². The quantitative estimate of drug-likeness (QED) is 0.833. The molecule has 0 aliphatic heterocycles. The molecule has 5 heteroatoms. The van der Waals surface area contributed by atoms with E-state index in [2.05, 4.69) is 31.3 Å². The van der Waals surface area contributed by atoms with Gasteiger partial charge >= 0.3 is 0 Å². The maximum absolute atomic E-state index is 11.9. The van der Waals surface area contributed by atoms with E-state index in [1.165, 1.54) is 22.9 Å². The summed E-state index contributed by atoms with van der Waals surface area (Å²) in [7, 11) is 0. The van der Waals surface area contributed by atoms with Crippen molar-refractivity contribution in [1.82, 2.24) is 0 Å². The lowest BCUT2D eigenvalue weighted by Gasteiger charge is -2.07. The Morgan fingerprint density at radius 3 is 2.32 bits per heavy atom. The molecule has 0 fully saturated rings. The molecule has 2 amide bonds. The summed E-state index contributed by atoms with van der Waals surface area (Å²) in [5.74, 6) is -0.238. The molecule has 0 saturated heterocycles. The van der Waals surface area contributed by atoms with Gasteiger partial charge in [-0.3, -0.25) is 9.59 Å². The van der Waals surface area contributed by atoms with Crippen LogP contribution in [0.25, 0.3) is 0 Å². The number of aryl methyl sites for hydroxylation is 2. The number of carbonyl (C=O) groups excluding carboxylic acids is 2. The monoisotopic (exact) mass is 314 g/mol. The summed E-state index contributed by atoms with van der Waals surface area (Å²) < 4.78 is 0. The van der Waals surface area contributed by atoms with Crippen LogP contribution >= 0.6 is 11.8 Å². The molecular weight excluding hydrogens is 296 g/mol. The predicted molar refractivity (Wildman–Crippen MR) is 90.2 cm³/mol. The highest BCUT2D eigenvalue weighted by Gasteiger charge is 2.06. The van der Waals surface area contributed by atoms with Gasteiger partial charge in [0.15, 0.2) is 0 Å². The third-order valence-electron chi connectivity index (χ3n) is 3.30. The minimum Gasteiger partial charge on any atom is -0.366 e. The fraction of sp³-hybridized carbons (Fsp3) is 0.176. The number of nitrogens with two attached hydrogens (primary N) is 1. The maximum atomic E-state index is 11.9. The molecule has 0 unspecified atom stereocenters. The fourth-order valence-electron chi connectivity index (χ4n) is 1.87. The first-order chi connectivity index (χ1) is 10.5. The van der Waals surface area contributed by atoms with Crippen LogP contribution in [0.15, 0.2) is 47.4 Å². The number of hydrogen-bond acceptors (Lipinski definition) is 3. The van der Waals surface area contributed by atoms with Crippen LogP contribution in [0.3, 0.4) is 0 Å². The van der Waals surface area contributed by atoms with Gasteiger partial charge in [0.1, 0.15) is 0 Å². The molecule has 2 aromatic carbocycles. The first-order valence-electron chi connectivity index (χ1n) is 6.85. The minimum absolute atomic E-state index is 0.0879. The topological polar surface area (TPSA) is 72.2 Å². The molecule has 0 aliphatic rings. The fourth-order valence-corrected chi connectivity index (χ4v) is 2.66. The molecule has 0 bridgehead atoms. The van der Waals surface area contributed by atoms with E-state index in [4.69, 9.17) is 5.73 Å². The average molecular weight is 314 g/mol. The number of rotatable bonds is 5. The Bertz CT molecular complexity index is 696. The summed E-state index contributed by atoms with van der Waals surface area (Å²) in [6.45, 7) is 4.12. The summed E-state index contributed by atoms with van der Waals surface area (Å²) in [6.07, 6.45) is 0. The number of nitrogens with one attached hydrogen (secondary N) is 1. The van der Waals surface area contributed by atoms with Crippen LogP contribution in [-0.4, -0.2) is 17.6 Å². The summed E-state index contributed by atoms with van der Waals surface area (Å²) >= 11 is 1.49. The third kappa shape index (κ3) is 4.36. The van der Waals surface area contributed by atoms with Gasteiger partial charge in [0, 0.05) is 16.1 Å². The molecule has 114 valence electrons. The number of benzene rings is 2. The van der Waals surface area contributed by atoms with Gasteiger partial charge in [0.25, 0.3) is 0 Å². The van der Waals surface area contributed by atoms with E-state index in [0.29, 0.717) is 17.0 Å². The van der Waals surface area contributed by atoms with Crippen LogP contribution in [0.5, 0.6) is 0 Å². The molecule has 0 heterocycles. The zero-order valence-corrected chi connectivity index (χ0v) is 13.4. The molecule has 0 radical (unpaired) electrons. The highest BCUT2D eigenvalue weighted by atomic mass is 32.2. The van der Waals surface area contributed by atoms with E-state index < -0.39 is 5.91 Å². The minimum atomic E-state index is -0.483. The highest BCUT2D eigenvalue weighted by molar-refractivity contribution is 8.00. The lowest BCUT2D eigenvalue weighted by molar-refractivity contribution is -0.113. The van der Waals surface area contributed by atoms with Gasteiger partial charge in [-0.25, -0.2) is 0 Å². The van der Waals surface area contributed by atoms with E-state index in [1.54, 1.807) is 24.3 Å². The molecule has 0 atom stereocenters. The zero-order chi connectivity index (χ0) is 16.1. The Morgan fingerprint density at radius 2 is 1.73 bits per heavy atom. The Balaban J connectivity index is 1.89. The van der Waals surface area contributed by atoms with Crippen LogP contribution in [0.1, 0.15) is 21.5 Å². The van der Waals surface area contributed by atoms with Crippen molar-refractivity contribution < 1.29 is 9.59 Å². The molecule has 3 N–H and O–H groups in total. The van der Waals surface area contributed by atoms with Crippen molar-refractivity contribution in [3.63, 3.8) is 0 Å². The number of hydrogen-bond donors (Lipinski definition) is 2. The van der Waals surface area contributed by atoms with Gasteiger partial charge in [-0.2, -0.15) is 0 Å². The van der Waals surface area contributed by atoms with Crippen molar-refractivity contribution in [1.29, 1.82) is 0 Å². The number of thioether (sulfide) groups is 1. The van der Waals surface area contributed by atoms with Crippen molar-refractivity contribution in [3.05, 3.63) is 59.2 Å². The van der Waals surface area contributed by atoms with Crippen molar-refractivity contribution in [3.8, 4) is 0 Å². The average Bonchev–Trinajstić information content (AvgIpc) is 2.49. The smallest absolute Gasteiger partial charge is 0.248 e. The molecule has 0 saturated carbocycles. The zero-order valence-electron chi connectivity index (χ0n) is 12.6. The summed E-state index contributed by atoms with van der Waals surface area (Å²) in [6, 6.07) is 12.7. The van der Waals surface area contributed by atoms with E-state index >= 15 is 0 Å². The van der Waals surface area contributed by atoms with E-state index in [-0.39, 0.29) is 5.91 Å². The molecule has 0 spiro atoms. The highest BCUT2D eigenvalue weighted by Crippen LogP contribution is 2.21. The van der Waals surface area contributed by atoms with Crippen molar-refractivity contribution >= 4 is 29.3 Å². The second kappa shape index (κ2) is 7.13. The number of primary amides is 1. The molecule has 2 aromatic rings. The standard InChI is InChI=1S/C17H18N2O2S/c1-11-3-8-15(9-12(11)2)22-10-16(20)19-14-6-4-13(5-7-14)17(18)21/h3-9H,10H2,1-2H3,(H2,18,21)(H,19,20). The second-order valence-corrected chi connectivity index (χ2v) is 6.07. The van der Waals surface area contributed by atoms with Crippen molar-refractivity contribution in [2.75, 3.05) is 11.1 Å². The van der Waals surface area contributed by atoms with Gasteiger partial charge in [-0.15, -0.1) is 11.8 Å². The molecule has 2 rings (SSSR count). The summed E-state index contributed by atoms with van der Waals surface area (Å²) in [5, 5.41) is 2.79. The Kier molecular flexibility index (Phi) is 5.22. The first kappa shape index (κ1) is 16.1. The molecule has 4 nitrogen and oxygen atoms in total. The predicted octanol–water partition coefficient (Wildman–Crippen LogP) is 3.13. The molecule has 22 heavy (non-hydrogen) atoms. The largest absolute Gasteiger partial charge is 0.366 e. The Labute approximate surface area is 134 Å². The number of amides is 2. The molecule has 0 aromatic heterocycles. The third-order valence-corrected chi connectivity index (χ3v) is 4.30. The van der Waals surface area contributed by atoms with Crippen molar-refractivity contribution in [2.24, 2.45) is 5.73 Å². The van der Waals surface area contributed by atoms with Crippen LogP contribution in [0.2, 0.25) is 0 Å². The van der Waals surface area contributed by atoms with Gasteiger partial charge in [-0.05, 0) is 61.4 Å². The van der Waals surface area contributed by atoms with Gasteiger partial charge in [-0.1, -0.05) is 6.07 Å². The van der Waals surface area contributed by atoms with Crippen LogP contribution in [0.4, 0.5) is 5.69 Å². The van der Waals surface area contributed by atoms with Gasteiger partial charge < -0.3 is 11.1 Å². The van der Waals surface area contributed by atoms with Gasteiger partial charge in [0.05, 0.1) is 5.75 Å².